The predicted molar refractivity (Wildman–Crippen MR) is 71.7 cm³/mol. The van der Waals surface area contributed by atoms with Crippen molar-refractivity contribution in [3.05, 3.63) is 29.6 Å². The number of methoxy groups -OCH3 is 1. The van der Waals surface area contributed by atoms with Crippen LogP contribution in [0, 0.1) is 12.3 Å². The number of rotatable bonds is 3. The van der Waals surface area contributed by atoms with Crippen molar-refractivity contribution in [2.75, 3.05) is 7.11 Å². The van der Waals surface area contributed by atoms with Gasteiger partial charge < -0.3 is 10.1 Å². The molecule has 0 aliphatic rings. The van der Waals surface area contributed by atoms with Crippen molar-refractivity contribution in [3.63, 3.8) is 0 Å². The van der Waals surface area contributed by atoms with Crippen molar-refractivity contribution in [1.82, 2.24) is 10.3 Å². The Labute approximate surface area is 113 Å². The van der Waals surface area contributed by atoms with Crippen LogP contribution in [0.5, 0.6) is 0 Å². The fourth-order valence-electron chi connectivity index (χ4n) is 1.56. The minimum absolute atomic E-state index is 0.335. The molecular weight excluding hydrogens is 244 g/mol. The van der Waals surface area contributed by atoms with Gasteiger partial charge >= 0.3 is 5.97 Å². The molecule has 0 radical (unpaired) electrons. The molecule has 0 aromatic carbocycles. The topological polar surface area (TPSA) is 68.3 Å². The number of nitrogens with zero attached hydrogens (tertiary/aromatic N) is 1. The van der Waals surface area contributed by atoms with Gasteiger partial charge in [0.15, 0.2) is 0 Å². The summed E-state index contributed by atoms with van der Waals surface area (Å²) in [5.41, 5.74) is 0.821. The first-order valence-electron chi connectivity index (χ1n) is 6.07. The standard InChI is InChI=1S/C14H20N2O3/c1-9-6-7-10(8-15-9)12(17)16-11(13(18)19-5)14(2,3)4/h6-8,11H,1-5H3,(H,16,17). The van der Waals surface area contributed by atoms with Crippen LogP contribution in [0.15, 0.2) is 18.3 Å². The van der Waals surface area contributed by atoms with Crippen LogP contribution in [0.1, 0.15) is 36.8 Å². The average molecular weight is 264 g/mol. The molecule has 1 atom stereocenters. The molecule has 1 aromatic heterocycles. The first-order valence-corrected chi connectivity index (χ1v) is 6.07. The number of hydrogen-bond donors (Lipinski definition) is 1. The van der Waals surface area contributed by atoms with Crippen molar-refractivity contribution in [2.24, 2.45) is 5.41 Å². The number of aryl methyl sites for hydroxylation is 1. The molecule has 19 heavy (non-hydrogen) atoms. The van der Waals surface area contributed by atoms with Crippen LogP contribution in [0.25, 0.3) is 0 Å². The smallest absolute Gasteiger partial charge is 0.328 e. The van der Waals surface area contributed by atoms with Crippen LogP contribution in [-0.2, 0) is 9.53 Å². The molecule has 0 aliphatic carbocycles. The van der Waals surface area contributed by atoms with E-state index in [1.807, 2.05) is 27.7 Å². The number of aromatic nitrogens is 1. The number of nitrogens with one attached hydrogen (secondary N) is 1. The van der Waals surface area contributed by atoms with Gasteiger partial charge in [-0.05, 0) is 24.5 Å². The summed E-state index contributed by atoms with van der Waals surface area (Å²) in [4.78, 5) is 27.9. The molecule has 1 heterocycles. The molecule has 0 saturated heterocycles. The third kappa shape index (κ3) is 4.05. The highest BCUT2D eigenvalue weighted by Crippen LogP contribution is 2.20. The molecule has 0 bridgehead atoms. The van der Waals surface area contributed by atoms with Crippen molar-refractivity contribution in [2.45, 2.75) is 33.7 Å². The second-order valence-corrected chi connectivity index (χ2v) is 5.48. The molecular formula is C14H20N2O3. The predicted octanol–water partition coefficient (Wildman–Crippen LogP) is 1.71. The van der Waals surface area contributed by atoms with Crippen molar-refractivity contribution >= 4 is 11.9 Å². The molecule has 0 saturated carbocycles. The van der Waals surface area contributed by atoms with E-state index < -0.39 is 17.4 Å². The summed E-state index contributed by atoms with van der Waals surface area (Å²) in [5, 5.41) is 2.69. The maximum absolute atomic E-state index is 12.1. The Morgan fingerprint density at radius 2 is 1.95 bits per heavy atom. The number of hydrogen-bond acceptors (Lipinski definition) is 4. The number of pyridine rings is 1. The van der Waals surface area contributed by atoms with Gasteiger partial charge in [-0.2, -0.15) is 0 Å². The zero-order chi connectivity index (χ0) is 14.6. The highest BCUT2D eigenvalue weighted by Gasteiger charge is 2.33. The van der Waals surface area contributed by atoms with E-state index in [0.717, 1.165) is 5.69 Å². The summed E-state index contributed by atoms with van der Waals surface area (Å²) in [5.74, 6) is -0.793. The molecule has 1 N–H and O–H groups in total. The van der Waals surface area contributed by atoms with E-state index in [9.17, 15) is 9.59 Å². The Hall–Kier alpha value is -1.91. The lowest BCUT2D eigenvalue weighted by molar-refractivity contribution is -0.145. The van der Waals surface area contributed by atoms with Gasteiger partial charge in [0, 0.05) is 11.9 Å². The zero-order valence-electron chi connectivity index (χ0n) is 12.0. The number of amides is 1. The Kier molecular flexibility index (Phi) is 4.64. The molecule has 104 valence electrons. The Morgan fingerprint density at radius 3 is 2.37 bits per heavy atom. The van der Waals surface area contributed by atoms with Crippen LogP contribution < -0.4 is 5.32 Å². The van der Waals surface area contributed by atoms with Crippen molar-refractivity contribution in [1.29, 1.82) is 0 Å². The average Bonchev–Trinajstić information content (AvgIpc) is 2.34. The van der Waals surface area contributed by atoms with Gasteiger partial charge in [0.05, 0.1) is 12.7 Å². The molecule has 5 nitrogen and oxygen atoms in total. The van der Waals surface area contributed by atoms with Crippen LogP contribution in [0.4, 0.5) is 0 Å². The maximum Gasteiger partial charge on any atom is 0.328 e. The van der Waals surface area contributed by atoms with Gasteiger partial charge in [-0.25, -0.2) is 4.79 Å². The van der Waals surface area contributed by atoms with E-state index >= 15 is 0 Å². The van der Waals surface area contributed by atoms with E-state index in [1.165, 1.54) is 13.3 Å². The monoisotopic (exact) mass is 264 g/mol. The Bertz CT molecular complexity index is 461. The molecule has 1 amide bonds. The van der Waals surface area contributed by atoms with Crippen LogP contribution in [0.2, 0.25) is 0 Å². The van der Waals surface area contributed by atoms with Gasteiger partial charge in [-0.1, -0.05) is 20.8 Å². The number of carbonyl (C=O) groups is 2. The highest BCUT2D eigenvalue weighted by atomic mass is 16.5. The summed E-state index contributed by atoms with van der Waals surface area (Å²) in [7, 11) is 1.31. The first kappa shape index (κ1) is 15.1. The summed E-state index contributed by atoms with van der Waals surface area (Å²) in [6.45, 7) is 7.43. The fraction of sp³-hybridized carbons (Fsp3) is 0.500. The maximum atomic E-state index is 12.1. The zero-order valence-corrected chi connectivity index (χ0v) is 12.0. The fourth-order valence-corrected chi connectivity index (χ4v) is 1.56. The molecule has 0 spiro atoms. The summed E-state index contributed by atoms with van der Waals surface area (Å²) in [6.07, 6.45) is 1.49. The largest absolute Gasteiger partial charge is 0.467 e. The molecule has 1 rings (SSSR count). The minimum Gasteiger partial charge on any atom is -0.467 e. The van der Waals surface area contributed by atoms with Gasteiger partial charge in [-0.3, -0.25) is 9.78 Å². The van der Waals surface area contributed by atoms with E-state index in [2.05, 4.69) is 10.3 Å². The van der Waals surface area contributed by atoms with Gasteiger partial charge in [-0.15, -0.1) is 0 Å². The SMILES string of the molecule is COC(=O)C(NC(=O)c1ccc(C)nc1)C(C)(C)C. The first-order chi connectivity index (χ1) is 8.75. The minimum atomic E-state index is -0.702. The number of esters is 1. The van der Waals surface area contributed by atoms with Crippen molar-refractivity contribution in [3.8, 4) is 0 Å². The molecule has 0 fully saturated rings. The third-order valence-electron chi connectivity index (χ3n) is 2.75. The van der Waals surface area contributed by atoms with E-state index in [4.69, 9.17) is 4.74 Å². The lowest BCUT2D eigenvalue weighted by Crippen LogP contribution is -2.49. The van der Waals surface area contributed by atoms with Crippen molar-refractivity contribution < 1.29 is 14.3 Å². The molecule has 5 heteroatoms. The highest BCUT2D eigenvalue weighted by molar-refractivity contribution is 5.96. The second kappa shape index (κ2) is 5.82. The van der Waals surface area contributed by atoms with Crippen LogP contribution >= 0.6 is 0 Å². The van der Waals surface area contributed by atoms with Crippen LogP contribution in [0.3, 0.4) is 0 Å². The second-order valence-electron chi connectivity index (χ2n) is 5.48. The van der Waals surface area contributed by atoms with E-state index in [1.54, 1.807) is 12.1 Å². The Morgan fingerprint density at radius 1 is 1.32 bits per heavy atom. The van der Waals surface area contributed by atoms with E-state index in [-0.39, 0.29) is 5.91 Å². The summed E-state index contributed by atoms with van der Waals surface area (Å²) in [6, 6.07) is 2.72. The van der Waals surface area contributed by atoms with Gasteiger partial charge in [0.25, 0.3) is 5.91 Å². The normalized spacial score (nSPS) is 12.7. The van der Waals surface area contributed by atoms with E-state index in [0.29, 0.717) is 5.56 Å². The number of carbonyl (C=O) groups excluding carboxylic acids is 2. The Balaban J connectivity index is 2.88. The van der Waals surface area contributed by atoms with Crippen LogP contribution in [-0.4, -0.2) is 30.0 Å². The molecule has 0 aliphatic heterocycles. The summed E-state index contributed by atoms with van der Waals surface area (Å²) < 4.78 is 4.73. The lowest BCUT2D eigenvalue weighted by Gasteiger charge is -2.28. The summed E-state index contributed by atoms with van der Waals surface area (Å²) >= 11 is 0. The molecule has 1 aromatic rings. The molecule has 1 unspecified atom stereocenters. The number of ether oxygens (including phenoxy) is 1. The lowest BCUT2D eigenvalue weighted by atomic mass is 9.86. The quantitative estimate of drug-likeness (QED) is 0.844. The third-order valence-corrected chi connectivity index (χ3v) is 2.75. The van der Waals surface area contributed by atoms with Gasteiger partial charge in [0.2, 0.25) is 0 Å². The van der Waals surface area contributed by atoms with Gasteiger partial charge in [0.1, 0.15) is 6.04 Å².